The first kappa shape index (κ1) is 12.7. The molecule has 0 amide bonds. The first-order chi connectivity index (χ1) is 7.63. The fraction of sp³-hybridized carbons (Fsp3) is 0.455. The van der Waals surface area contributed by atoms with Crippen molar-refractivity contribution >= 4 is 17.3 Å². The molecule has 1 aromatic heterocycles. The van der Waals surface area contributed by atoms with E-state index in [1.807, 2.05) is 19.0 Å². The zero-order valence-electron chi connectivity index (χ0n) is 9.61. The van der Waals surface area contributed by atoms with Crippen LogP contribution in [0.2, 0.25) is 0 Å². The molecule has 0 spiro atoms. The second-order valence-electron chi connectivity index (χ2n) is 3.29. The van der Waals surface area contributed by atoms with E-state index in [-0.39, 0.29) is 5.97 Å². The van der Waals surface area contributed by atoms with Crippen molar-refractivity contribution in [2.24, 2.45) is 0 Å². The minimum atomic E-state index is -0.333. The standard InChI is InChI=1S/C11H14N2O2S/c1-4-15-11(14)9-8-12-10(16-9)6-5-7-13(2)3/h8H,4,7H2,1-3H3. The molecule has 0 aliphatic rings. The summed E-state index contributed by atoms with van der Waals surface area (Å²) in [5, 5.41) is 0.643. The summed E-state index contributed by atoms with van der Waals surface area (Å²) in [5.41, 5.74) is 0. The topological polar surface area (TPSA) is 42.4 Å². The SMILES string of the molecule is CCOC(=O)c1cnc(C#CCN(C)C)s1. The maximum atomic E-state index is 11.3. The van der Waals surface area contributed by atoms with Crippen LogP contribution in [0.15, 0.2) is 6.20 Å². The van der Waals surface area contributed by atoms with E-state index in [1.54, 1.807) is 6.92 Å². The lowest BCUT2D eigenvalue weighted by atomic mass is 10.5. The van der Waals surface area contributed by atoms with Crippen LogP contribution in [0.25, 0.3) is 0 Å². The largest absolute Gasteiger partial charge is 0.462 e. The summed E-state index contributed by atoms with van der Waals surface area (Å²) in [6.07, 6.45) is 1.50. The van der Waals surface area contributed by atoms with Gasteiger partial charge in [0, 0.05) is 0 Å². The van der Waals surface area contributed by atoms with Gasteiger partial charge in [-0.25, -0.2) is 9.78 Å². The van der Waals surface area contributed by atoms with Crippen molar-refractivity contribution in [2.45, 2.75) is 6.92 Å². The molecule has 0 atom stereocenters. The molecular weight excluding hydrogens is 224 g/mol. The lowest BCUT2D eigenvalue weighted by molar-refractivity contribution is 0.0532. The number of rotatable bonds is 3. The van der Waals surface area contributed by atoms with Gasteiger partial charge in [-0.3, -0.25) is 4.90 Å². The van der Waals surface area contributed by atoms with Gasteiger partial charge >= 0.3 is 5.97 Å². The summed E-state index contributed by atoms with van der Waals surface area (Å²) < 4.78 is 4.86. The van der Waals surface area contributed by atoms with E-state index in [0.717, 1.165) is 0 Å². The molecule has 0 saturated heterocycles. The Morgan fingerprint density at radius 1 is 1.62 bits per heavy atom. The number of thiazole rings is 1. The Hall–Kier alpha value is -1.38. The smallest absolute Gasteiger partial charge is 0.349 e. The molecule has 0 N–H and O–H groups in total. The predicted molar refractivity (Wildman–Crippen MR) is 63.5 cm³/mol. The Labute approximate surface area is 99.2 Å². The predicted octanol–water partition coefficient (Wildman–Crippen LogP) is 1.23. The number of hydrogen-bond donors (Lipinski definition) is 0. The van der Waals surface area contributed by atoms with Crippen LogP contribution < -0.4 is 0 Å². The van der Waals surface area contributed by atoms with E-state index >= 15 is 0 Å². The fourth-order valence-electron chi connectivity index (χ4n) is 0.902. The molecule has 0 aromatic carbocycles. The molecule has 0 fully saturated rings. The average Bonchev–Trinajstić information content (AvgIpc) is 2.66. The van der Waals surface area contributed by atoms with Gasteiger partial charge in [0.1, 0.15) is 4.88 Å². The maximum absolute atomic E-state index is 11.3. The van der Waals surface area contributed by atoms with Crippen LogP contribution in [0.5, 0.6) is 0 Å². The average molecular weight is 238 g/mol. The summed E-state index contributed by atoms with van der Waals surface area (Å²) in [4.78, 5) is 17.8. The number of nitrogens with zero attached hydrogens (tertiary/aromatic N) is 2. The number of esters is 1. The molecule has 0 saturated carbocycles. The fourth-order valence-corrected chi connectivity index (χ4v) is 1.59. The summed E-state index contributed by atoms with van der Waals surface area (Å²) >= 11 is 1.25. The highest BCUT2D eigenvalue weighted by atomic mass is 32.1. The summed E-state index contributed by atoms with van der Waals surface area (Å²) in [6.45, 7) is 2.82. The van der Waals surface area contributed by atoms with E-state index in [2.05, 4.69) is 16.8 Å². The van der Waals surface area contributed by atoms with Crippen molar-refractivity contribution in [1.29, 1.82) is 0 Å². The second-order valence-corrected chi connectivity index (χ2v) is 4.32. The number of aromatic nitrogens is 1. The van der Waals surface area contributed by atoms with Gasteiger partial charge in [0.2, 0.25) is 0 Å². The first-order valence-electron chi connectivity index (χ1n) is 4.90. The van der Waals surface area contributed by atoms with Crippen LogP contribution in [0.1, 0.15) is 21.6 Å². The highest BCUT2D eigenvalue weighted by molar-refractivity contribution is 7.14. The van der Waals surface area contributed by atoms with Gasteiger partial charge in [-0.1, -0.05) is 17.3 Å². The molecule has 1 heterocycles. The lowest BCUT2D eigenvalue weighted by Gasteiger charge is -2.00. The zero-order chi connectivity index (χ0) is 12.0. The van der Waals surface area contributed by atoms with Crippen molar-refractivity contribution in [3.8, 4) is 11.8 Å². The van der Waals surface area contributed by atoms with Gasteiger partial charge in [0.15, 0.2) is 5.01 Å². The molecular formula is C11H14N2O2S. The van der Waals surface area contributed by atoms with Crippen LogP contribution in [0.3, 0.4) is 0 Å². The first-order valence-corrected chi connectivity index (χ1v) is 5.71. The van der Waals surface area contributed by atoms with Crippen molar-refractivity contribution < 1.29 is 9.53 Å². The summed E-state index contributed by atoms with van der Waals surface area (Å²) in [6, 6.07) is 0. The monoisotopic (exact) mass is 238 g/mol. The number of hydrogen-bond acceptors (Lipinski definition) is 5. The van der Waals surface area contributed by atoms with Gasteiger partial charge in [-0.05, 0) is 26.9 Å². The normalized spacial score (nSPS) is 9.75. The van der Waals surface area contributed by atoms with Crippen molar-refractivity contribution in [3.63, 3.8) is 0 Å². The van der Waals surface area contributed by atoms with Crippen molar-refractivity contribution in [3.05, 3.63) is 16.1 Å². The Balaban J connectivity index is 2.63. The maximum Gasteiger partial charge on any atom is 0.349 e. The molecule has 0 aliphatic carbocycles. The third-order valence-electron chi connectivity index (χ3n) is 1.57. The van der Waals surface area contributed by atoms with Gasteiger partial charge < -0.3 is 4.74 Å². The summed E-state index contributed by atoms with van der Waals surface area (Å²) in [5.74, 6) is 5.53. The Morgan fingerprint density at radius 3 is 3.00 bits per heavy atom. The van der Waals surface area contributed by atoms with E-state index in [1.165, 1.54) is 17.5 Å². The molecule has 0 aliphatic heterocycles. The van der Waals surface area contributed by atoms with Crippen LogP contribution in [-0.4, -0.2) is 43.1 Å². The lowest BCUT2D eigenvalue weighted by Crippen LogP contribution is -2.10. The van der Waals surface area contributed by atoms with Crippen LogP contribution in [0, 0.1) is 11.8 Å². The molecule has 0 radical (unpaired) electrons. The van der Waals surface area contributed by atoms with Gasteiger partial charge in [0.25, 0.3) is 0 Å². The zero-order valence-corrected chi connectivity index (χ0v) is 10.4. The quantitative estimate of drug-likeness (QED) is 0.587. The van der Waals surface area contributed by atoms with Crippen LogP contribution in [0.4, 0.5) is 0 Å². The second kappa shape index (κ2) is 6.26. The molecule has 4 nitrogen and oxygen atoms in total. The van der Waals surface area contributed by atoms with E-state index in [9.17, 15) is 4.79 Å². The van der Waals surface area contributed by atoms with Gasteiger partial charge in [-0.15, -0.1) is 0 Å². The molecule has 1 aromatic rings. The van der Waals surface area contributed by atoms with Gasteiger partial charge in [-0.2, -0.15) is 0 Å². The van der Waals surface area contributed by atoms with Crippen LogP contribution >= 0.6 is 11.3 Å². The van der Waals surface area contributed by atoms with Crippen LogP contribution in [-0.2, 0) is 4.74 Å². The minimum absolute atomic E-state index is 0.333. The third kappa shape index (κ3) is 4.01. The highest BCUT2D eigenvalue weighted by Crippen LogP contribution is 2.12. The molecule has 1 rings (SSSR count). The highest BCUT2D eigenvalue weighted by Gasteiger charge is 2.09. The Bertz CT molecular complexity index is 415. The van der Waals surface area contributed by atoms with E-state index in [4.69, 9.17) is 4.74 Å². The minimum Gasteiger partial charge on any atom is -0.462 e. The van der Waals surface area contributed by atoms with Crippen molar-refractivity contribution in [1.82, 2.24) is 9.88 Å². The Kier molecular flexibility index (Phi) is 4.96. The third-order valence-corrected chi connectivity index (χ3v) is 2.47. The number of carbonyl (C=O) groups is 1. The van der Waals surface area contributed by atoms with Crippen molar-refractivity contribution in [2.75, 3.05) is 27.2 Å². The molecule has 5 heteroatoms. The Morgan fingerprint density at radius 2 is 2.38 bits per heavy atom. The molecule has 16 heavy (non-hydrogen) atoms. The van der Waals surface area contributed by atoms with Gasteiger partial charge in [0.05, 0.1) is 19.3 Å². The molecule has 0 unspecified atom stereocenters. The summed E-state index contributed by atoms with van der Waals surface area (Å²) in [7, 11) is 3.89. The van der Waals surface area contributed by atoms with E-state index < -0.39 is 0 Å². The number of ether oxygens (including phenoxy) is 1. The number of carbonyl (C=O) groups excluding carboxylic acids is 1. The molecule has 86 valence electrons. The molecule has 0 bridgehead atoms. The van der Waals surface area contributed by atoms with E-state index in [0.29, 0.717) is 23.0 Å².